The number of urea groups is 1. The van der Waals surface area contributed by atoms with Gasteiger partial charge in [-0.25, -0.2) is 4.79 Å². The Morgan fingerprint density at radius 1 is 1.10 bits per heavy atom. The van der Waals surface area contributed by atoms with Crippen LogP contribution in [0.1, 0.15) is 36.4 Å². The van der Waals surface area contributed by atoms with E-state index in [1.165, 1.54) is 0 Å². The first kappa shape index (κ1) is 23.1. The maximum absolute atomic E-state index is 12.9. The van der Waals surface area contributed by atoms with Gasteiger partial charge in [0.2, 0.25) is 5.91 Å². The van der Waals surface area contributed by atoms with Crippen molar-refractivity contribution >= 4 is 23.5 Å². The van der Waals surface area contributed by atoms with Crippen LogP contribution in [-0.4, -0.2) is 41.3 Å². The zero-order valence-corrected chi connectivity index (χ0v) is 18.1. The molecule has 1 fully saturated rings. The normalized spacial score (nSPS) is 16.5. The van der Waals surface area contributed by atoms with Crippen LogP contribution in [0.25, 0.3) is 0 Å². The molecule has 0 aromatic heterocycles. The Morgan fingerprint density at radius 3 is 2.39 bits per heavy atom. The van der Waals surface area contributed by atoms with Gasteiger partial charge < -0.3 is 21.1 Å². The van der Waals surface area contributed by atoms with Gasteiger partial charge in [-0.3, -0.25) is 10.1 Å². The maximum Gasteiger partial charge on any atom is 0.312 e. The minimum absolute atomic E-state index is 0.0755. The van der Waals surface area contributed by atoms with Crippen molar-refractivity contribution in [3.05, 3.63) is 70.7 Å². The fourth-order valence-electron chi connectivity index (χ4n) is 3.92. The molecule has 0 bridgehead atoms. The zero-order chi connectivity index (χ0) is 22.2. The fraction of sp³-hybridized carbons (Fsp3) is 0.391. The van der Waals surface area contributed by atoms with Crippen LogP contribution in [0.3, 0.4) is 0 Å². The third-order valence-electron chi connectivity index (χ3n) is 5.67. The number of hydrogen-bond acceptors (Lipinski definition) is 4. The molecule has 166 valence electrons. The van der Waals surface area contributed by atoms with E-state index in [0.717, 1.165) is 5.56 Å². The van der Waals surface area contributed by atoms with E-state index in [9.17, 15) is 14.7 Å². The molecule has 2 atom stereocenters. The third-order valence-corrected chi connectivity index (χ3v) is 6.02. The van der Waals surface area contributed by atoms with Gasteiger partial charge in [0, 0.05) is 30.6 Å². The first-order chi connectivity index (χ1) is 14.9. The van der Waals surface area contributed by atoms with Gasteiger partial charge in [-0.2, -0.15) is 0 Å². The Labute approximate surface area is 187 Å². The first-order valence-electron chi connectivity index (χ1n) is 10.5. The Balaban J connectivity index is 1.51. The quantitative estimate of drug-likeness (QED) is 0.469. The molecule has 7 nitrogen and oxygen atoms in total. The van der Waals surface area contributed by atoms with Crippen LogP contribution >= 0.6 is 11.6 Å². The molecular formula is C23H29ClN4O3. The number of aliphatic hydroxyl groups excluding tert-OH is 1. The summed E-state index contributed by atoms with van der Waals surface area (Å²) in [6.07, 6.45) is 0.861. The summed E-state index contributed by atoms with van der Waals surface area (Å²) in [6.45, 7) is 1.71. The van der Waals surface area contributed by atoms with E-state index in [-0.39, 0.29) is 18.2 Å². The first-order valence-corrected chi connectivity index (χ1v) is 10.9. The van der Waals surface area contributed by atoms with E-state index in [4.69, 9.17) is 17.3 Å². The van der Waals surface area contributed by atoms with Gasteiger partial charge in [0.15, 0.2) is 0 Å². The van der Waals surface area contributed by atoms with Gasteiger partial charge in [0.25, 0.3) is 0 Å². The van der Waals surface area contributed by atoms with E-state index in [1.54, 1.807) is 29.2 Å². The number of primary amides is 1. The number of halogens is 1. The molecule has 5 N–H and O–H groups in total. The van der Waals surface area contributed by atoms with Crippen LogP contribution < -0.4 is 16.4 Å². The van der Waals surface area contributed by atoms with Gasteiger partial charge >= 0.3 is 6.03 Å². The molecule has 0 radical (unpaired) electrons. The SMILES string of the molecule is NC(=O)NC(CC(=O)N1CCC([C@@H](O)NCc2ccccc2)CC1)c1ccccc1Cl. The lowest BCUT2D eigenvalue weighted by molar-refractivity contribution is -0.133. The lowest BCUT2D eigenvalue weighted by atomic mass is 9.94. The fourth-order valence-corrected chi connectivity index (χ4v) is 4.19. The van der Waals surface area contributed by atoms with E-state index in [0.29, 0.717) is 43.1 Å². The van der Waals surface area contributed by atoms with Gasteiger partial charge in [0.05, 0.1) is 12.5 Å². The smallest absolute Gasteiger partial charge is 0.312 e. The van der Waals surface area contributed by atoms with Crippen molar-refractivity contribution in [2.75, 3.05) is 13.1 Å². The van der Waals surface area contributed by atoms with Crippen molar-refractivity contribution in [2.24, 2.45) is 11.7 Å². The van der Waals surface area contributed by atoms with Crippen LogP contribution in [0.5, 0.6) is 0 Å². The summed E-state index contributed by atoms with van der Waals surface area (Å²) >= 11 is 6.25. The average molecular weight is 445 g/mol. The number of nitrogens with two attached hydrogens (primary N) is 1. The molecule has 2 aromatic rings. The highest BCUT2D eigenvalue weighted by molar-refractivity contribution is 6.31. The molecule has 0 spiro atoms. The summed E-state index contributed by atoms with van der Waals surface area (Å²) in [5, 5.41) is 16.8. The Kier molecular flexibility index (Phi) is 8.28. The number of rotatable bonds is 8. The van der Waals surface area contributed by atoms with Gasteiger partial charge in [-0.05, 0) is 30.0 Å². The molecule has 1 saturated heterocycles. The van der Waals surface area contributed by atoms with Crippen LogP contribution in [0.4, 0.5) is 4.79 Å². The summed E-state index contributed by atoms with van der Waals surface area (Å²) in [7, 11) is 0. The molecule has 1 unspecified atom stereocenters. The highest BCUT2D eigenvalue weighted by Crippen LogP contribution is 2.27. The number of amides is 3. The van der Waals surface area contributed by atoms with Crippen molar-refractivity contribution in [1.82, 2.24) is 15.5 Å². The number of hydrogen-bond donors (Lipinski definition) is 4. The number of nitrogens with one attached hydrogen (secondary N) is 2. The molecule has 1 aliphatic heterocycles. The number of carbonyl (C=O) groups is 2. The van der Waals surface area contributed by atoms with Crippen LogP contribution in [-0.2, 0) is 11.3 Å². The Morgan fingerprint density at radius 2 is 1.74 bits per heavy atom. The monoisotopic (exact) mass is 444 g/mol. The second-order valence-corrected chi connectivity index (χ2v) is 8.22. The standard InChI is InChI=1S/C23H29ClN4O3/c24-19-9-5-4-8-18(19)20(27-23(25)31)14-21(29)28-12-10-17(11-13-28)22(30)26-15-16-6-2-1-3-7-16/h1-9,17,20,22,26,30H,10-15H2,(H3,25,27,31)/t20?,22-/m1/s1. The average Bonchev–Trinajstić information content (AvgIpc) is 2.78. The van der Waals surface area contributed by atoms with Crippen molar-refractivity contribution in [1.29, 1.82) is 0 Å². The molecule has 3 rings (SSSR count). The number of nitrogens with zero attached hydrogens (tertiary/aromatic N) is 1. The topological polar surface area (TPSA) is 108 Å². The van der Waals surface area contributed by atoms with Crippen LogP contribution in [0.2, 0.25) is 5.02 Å². The Bertz CT molecular complexity index is 872. The van der Waals surface area contributed by atoms with E-state index in [2.05, 4.69) is 10.6 Å². The predicted molar refractivity (Wildman–Crippen MR) is 120 cm³/mol. The van der Waals surface area contributed by atoms with Gasteiger partial charge in [-0.15, -0.1) is 0 Å². The minimum Gasteiger partial charge on any atom is -0.378 e. The molecular weight excluding hydrogens is 416 g/mol. The lowest BCUT2D eigenvalue weighted by Crippen LogP contribution is -2.46. The Hall–Kier alpha value is -2.61. The predicted octanol–water partition coefficient (Wildman–Crippen LogP) is 2.79. The summed E-state index contributed by atoms with van der Waals surface area (Å²) in [4.78, 5) is 26.1. The van der Waals surface area contributed by atoms with E-state index in [1.807, 2.05) is 30.3 Å². The molecule has 2 aromatic carbocycles. The van der Waals surface area contributed by atoms with Crippen molar-refractivity contribution < 1.29 is 14.7 Å². The maximum atomic E-state index is 12.9. The molecule has 1 heterocycles. The second-order valence-electron chi connectivity index (χ2n) is 7.82. The summed E-state index contributed by atoms with van der Waals surface area (Å²) < 4.78 is 0. The van der Waals surface area contributed by atoms with Crippen LogP contribution in [0, 0.1) is 5.92 Å². The highest BCUT2D eigenvalue weighted by atomic mass is 35.5. The number of aliphatic hydroxyl groups is 1. The van der Waals surface area contributed by atoms with Gasteiger partial charge in [0.1, 0.15) is 6.23 Å². The van der Waals surface area contributed by atoms with Crippen molar-refractivity contribution in [2.45, 2.75) is 38.1 Å². The number of carbonyl (C=O) groups excluding carboxylic acids is 2. The van der Waals surface area contributed by atoms with E-state index < -0.39 is 18.3 Å². The lowest BCUT2D eigenvalue weighted by Gasteiger charge is -2.35. The number of piperidine rings is 1. The minimum atomic E-state index is -0.705. The number of likely N-dealkylation sites (tertiary alicyclic amines) is 1. The summed E-state index contributed by atoms with van der Waals surface area (Å²) in [5.41, 5.74) is 7.08. The molecule has 31 heavy (non-hydrogen) atoms. The molecule has 0 aliphatic carbocycles. The van der Waals surface area contributed by atoms with Crippen molar-refractivity contribution in [3.8, 4) is 0 Å². The second kappa shape index (κ2) is 11.1. The van der Waals surface area contributed by atoms with Crippen molar-refractivity contribution in [3.63, 3.8) is 0 Å². The van der Waals surface area contributed by atoms with Crippen LogP contribution in [0.15, 0.2) is 54.6 Å². The molecule has 1 aliphatic rings. The molecule has 8 heteroatoms. The van der Waals surface area contributed by atoms with Gasteiger partial charge in [-0.1, -0.05) is 60.1 Å². The molecule has 0 saturated carbocycles. The molecule has 3 amide bonds. The largest absolute Gasteiger partial charge is 0.378 e. The zero-order valence-electron chi connectivity index (χ0n) is 17.3. The summed E-state index contributed by atoms with van der Waals surface area (Å²) in [5.74, 6) is -0.000254. The summed E-state index contributed by atoms with van der Waals surface area (Å²) in [6, 6.07) is 15.7. The van der Waals surface area contributed by atoms with E-state index >= 15 is 0 Å². The number of benzene rings is 2. The highest BCUT2D eigenvalue weighted by Gasteiger charge is 2.29. The third kappa shape index (κ3) is 6.69.